The van der Waals surface area contributed by atoms with E-state index in [-0.39, 0.29) is 12.5 Å². The molecule has 0 spiro atoms. The summed E-state index contributed by atoms with van der Waals surface area (Å²) in [6.07, 6.45) is 2.35. The number of ether oxygens (including phenoxy) is 1. The van der Waals surface area contributed by atoms with E-state index in [4.69, 9.17) is 9.84 Å². The number of aliphatic hydroxyl groups is 1. The Morgan fingerprint density at radius 2 is 2.38 bits per heavy atom. The maximum absolute atomic E-state index is 11.2. The Hall–Kier alpha value is -0.610. The summed E-state index contributed by atoms with van der Waals surface area (Å²) in [5.41, 5.74) is 0. The van der Waals surface area contributed by atoms with Gasteiger partial charge in [0.25, 0.3) is 0 Å². The van der Waals surface area contributed by atoms with Gasteiger partial charge < -0.3 is 14.7 Å². The summed E-state index contributed by atoms with van der Waals surface area (Å²) < 4.78 is 5.52. The highest BCUT2D eigenvalue weighted by Gasteiger charge is 2.35. The zero-order valence-electron chi connectivity index (χ0n) is 7.61. The molecule has 13 heavy (non-hydrogen) atoms. The Balaban J connectivity index is 1.93. The highest BCUT2D eigenvalue weighted by molar-refractivity contribution is 5.77. The molecule has 2 aliphatic rings. The monoisotopic (exact) mass is 185 g/mol. The third-order valence-corrected chi connectivity index (χ3v) is 2.97. The van der Waals surface area contributed by atoms with Crippen molar-refractivity contribution in [1.29, 1.82) is 0 Å². The lowest BCUT2D eigenvalue weighted by molar-refractivity contribution is -0.137. The molecule has 2 heterocycles. The summed E-state index contributed by atoms with van der Waals surface area (Å²) in [4.78, 5) is 12.9. The normalized spacial score (nSPS) is 33.2. The Morgan fingerprint density at radius 1 is 1.54 bits per heavy atom. The molecule has 2 saturated heterocycles. The van der Waals surface area contributed by atoms with Crippen LogP contribution in [0.5, 0.6) is 0 Å². The van der Waals surface area contributed by atoms with Crippen molar-refractivity contribution in [2.45, 2.75) is 18.9 Å². The van der Waals surface area contributed by atoms with Crippen molar-refractivity contribution in [2.24, 2.45) is 5.92 Å². The average molecular weight is 185 g/mol. The number of carbonyl (C=O) groups excluding carboxylic acids is 1. The van der Waals surface area contributed by atoms with Gasteiger partial charge in [0.15, 0.2) is 0 Å². The topological polar surface area (TPSA) is 49.8 Å². The summed E-state index contributed by atoms with van der Waals surface area (Å²) in [5, 5.41) is 8.71. The van der Waals surface area contributed by atoms with Crippen LogP contribution in [-0.4, -0.2) is 48.3 Å². The first-order valence-electron chi connectivity index (χ1n) is 4.81. The molecule has 2 rings (SSSR count). The van der Waals surface area contributed by atoms with Crippen molar-refractivity contribution in [1.82, 2.24) is 4.90 Å². The molecule has 1 N–H and O–H groups in total. The number of likely N-dealkylation sites (tertiary alicyclic amines) is 1. The number of hydrogen-bond donors (Lipinski definition) is 1. The second kappa shape index (κ2) is 3.64. The van der Waals surface area contributed by atoms with Crippen molar-refractivity contribution in [3.63, 3.8) is 0 Å². The number of carbonyl (C=O) groups is 1. The van der Waals surface area contributed by atoms with Crippen LogP contribution in [0.4, 0.5) is 0 Å². The number of hydrogen-bond acceptors (Lipinski definition) is 3. The van der Waals surface area contributed by atoms with Gasteiger partial charge in [-0.05, 0) is 12.8 Å². The predicted octanol–water partition coefficient (Wildman–Crippen LogP) is -0.384. The summed E-state index contributed by atoms with van der Waals surface area (Å²) in [6, 6.07) is 0. The fourth-order valence-electron chi connectivity index (χ4n) is 2.20. The third kappa shape index (κ3) is 1.69. The molecule has 74 valence electrons. The molecule has 4 nitrogen and oxygen atoms in total. The van der Waals surface area contributed by atoms with Crippen LogP contribution in [0.1, 0.15) is 12.8 Å². The van der Waals surface area contributed by atoms with Crippen molar-refractivity contribution in [3.05, 3.63) is 0 Å². The second-order valence-corrected chi connectivity index (χ2v) is 3.74. The molecular weight excluding hydrogens is 170 g/mol. The fraction of sp³-hybridized carbons (Fsp3) is 0.889. The van der Waals surface area contributed by atoms with Gasteiger partial charge in [0, 0.05) is 25.6 Å². The van der Waals surface area contributed by atoms with E-state index in [0.29, 0.717) is 12.0 Å². The number of nitrogens with zero attached hydrogens (tertiary/aromatic N) is 1. The van der Waals surface area contributed by atoms with Gasteiger partial charge in [-0.25, -0.2) is 0 Å². The van der Waals surface area contributed by atoms with Gasteiger partial charge in [-0.2, -0.15) is 0 Å². The van der Waals surface area contributed by atoms with E-state index in [9.17, 15) is 4.79 Å². The van der Waals surface area contributed by atoms with Gasteiger partial charge in [0.1, 0.15) is 6.61 Å². The SMILES string of the molecule is O=C(CO)N1CC[C@H]2OCC[C@H]2C1. The van der Waals surface area contributed by atoms with E-state index in [1.165, 1.54) is 0 Å². The molecule has 4 heteroatoms. The van der Waals surface area contributed by atoms with Crippen molar-refractivity contribution in [3.8, 4) is 0 Å². The van der Waals surface area contributed by atoms with E-state index in [2.05, 4.69) is 0 Å². The molecule has 2 atom stereocenters. The Morgan fingerprint density at radius 3 is 3.15 bits per heavy atom. The molecular formula is C9H15NO3. The second-order valence-electron chi connectivity index (χ2n) is 3.74. The lowest BCUT2D eigenvalue weighted by Crippen LogP contribution is -2.45. The zero-order chi connectivity index (χ0) is 9.26. The molecule has 2 aliphatic heterocycles. The Bertz CT molecular complexity index is 207. The molecule has 1 amide bonds. The average Bonchev–Trinajstić information content (AvgIpc) is 2.63. The first-order valence-corrected chi connectivity index (χ1v) is 4.81. The van der Waals surface area contributed by atoms with Crippen LogP contribution in [0.15, 0.2) is 0 Å². The lowest BCUT2D eigenvalue weighted by atomic mass is 9.94. The number of piperidine rings is 1. The van der Waals surface area contributed by atoms with Crippen LogP contribution in [0.3, 0.4) is 0 Å². The molecule has 0 aromatic carbocycles. The van der Waals surface area contributed by atoms with Gasteiger partial charge >= 0.3 is 0 Å². The quantitative estimate of drug-likeness (QED) is 0.605. The van der Waals surface area contributed by atoms with E-state index in [0.717, 1.165) is 32.5 Å². The van der Waals surface area contributed by atoms with Crippen molar-refractivity contribution in [2.75, 3.05) is 26.3 Å². The number of rotatable bonds is 1. The summed E-state index contributed by atoms with van der Waals surface area (Å²) in [6.45, 7) is 1.97. The van der Waals surface area contributed by atoms with Crippen LogP contribution in [0.2, 0.25) is 0 Å². The van der Waals surface area contributed by atoms with E-state index in [1.54, 1.807) is 4.90 Å². The largest absolute Gasteiger partial charge is 0.387 e. The molecule has 2 fully saturated rings. The number of aliphatic hydroxyl groups excluding tert-OH is 1. The van der Waals surface area contributed by atoms with E-state index >= 15 is 0 Å². The highest BCUT2D eigenvalue weighted by atomic mass is 16.5. The molecule has 0 saturated carbocycles. The van der Waals surface area contributed by atoms with Crippen LogP contribution in [0, 0.1) is 5.92 Å². The van der Waals surface area contributed by atoms with Crippen LogP contribution >= 0.6 is 0 Å². The van der Waals surface area contributed by atoms with Gasteiger partial charge in [-0.3, -0.25) is 4.79 Å². The fourth-order valence-corrected chi connectivity index (χ4v) is 2.20. The minimum atomic E-state index is -0.363. The smallest absolute Gasteiger partial charge is 0.248 e. The predicted molar refractivity (Wildman–Crippen MR) is 46.1 cm³/mol. The molecule has 0 aromatic rings. The Labute approximate surface area is 77.5 Å². The van der Waals surface area contributed by atoms with Crippen LogP contribution in [0.25, 0.3) is 0 Å². The van der Waals surface area contributed by atoms with Crippen LogP contribution in [-0.2, 0) is 9.53 Å². The molecule has 0 aromatic heterocycles. The van der Waals surface area contributed by atoms with Gasteiger partial charge in [0.2, 0.25) is 5.91 Å². The molecule has 0 aliphatic carbocycles. The zero-order valence-corrected chi connectivity index (χ0v) is 7.61. The Kier molecular flexibility index (Phi) is 2.51. The first kappa shape index (κ1) is 8.97. The minimum absolute atomic E-state index is 0.148. The summed E-state index contributed by atoms with van der Waals surface area (Å²) >= 11 is 0. The van der Waals surface area contributed by atoms with Gasteiger partial charge in [-0.1, -0.05) is 0 Å². The highest BCUT2D eigenvalue weighted by Crippen LogP contribution is 2.28. The van der Waals surface area contributed by atoms with Crippen molar-refractivity contribution < 1.29 is 14.6 Å². The molecule has 0 radical (unpaired) electrons. The van der Waals surface area contributed by atoms with E-state index < -0.39 is 0 Å². The number of amides is 1. The lowest BCUT2D eigenvalue weighted by Gasteiger charge is -2.33. The molecule has 0 bridgehead atoms. The van der Waals surface area contributed by atoms with E-state index in [1.807, 2.05) is 0 Å². The maximum atomic E-state index is 11.2. The summed E-state index contributed by atoms with van der Waals surface area (Å²) in [5.74, 6) is 0.356. The van der Waals surface area contributed by atoms with Gasteiger partial charge in [-0.15, -0.1) is 0 Å². The minimum Gasteiger partial charge on any atom is -0.387 e. The summed E-state index contributed by atoms with van der Waals surface area (Å²) in [7, 11) is 0. The van der Waals surface area contributed by atoms with Crippen molar-refractivity contribution >= 4 is 5.91 Å². The maximum Gasteiger partial charge on any atom is 0.248 e. The number of fused-ring (bicyclic) bond motifs is 1. The molecule has 0 unspecified atom stereocenters. The van der Waals surface area contributed by atoms with Gasteiger partial charge in [0.05, 0.1) is 6.10 Å². The van der Waals surface area contributed by atoms with Crippen LogP contribution < -0.4 is 0 Å². The standard InChI is InChI=1S/C9H15NO3/c11-6-9(12)10-3-1-8-7(5-10)2-4-13-8/h7-8,11H,1-6H2/t7-,8+/m0/s1. The third-order valence-electron chi connectivity index (χ3n) is 2.97. The first-order chi connectivity index (χ1) is 6.31.